The van der Waals surface area contributed by atoms with E-state index in [0.717, 1.165) is 17.1 Å². The number of hydrogen-bond donors (Lipinski definition) is 1. The number of carbonyl (C=O) groups excluding carboxylic acids is 4. The molecule has 2 aliphatic heterocycles. The summed E-state index contributed by atoms with van der Waals surface area (Å²) in [7, 11) is 0. The molecular formula is C11H12N2O6. The van der Waals surface area contributed by atoms with Crippen LogP contribution in [0, 0.1) is 0 Å². The van der Waals surface area contributed by atoms with Gasteiger partial charge in [0.2, 0.25) is 0 Å². The molecule has 0 unspecified atom stereocenters. The molecule has 1 saturated heterocycles. The van der Waals surface area contributed by atoms with E-state index in [1.807, 2.05) is 0 Å². The van der Waals surface area contributed by atoms with Gasteiger partial charge in [0.05, 0.1) is 6.42 Å². The lowest BCUT2D eigenvalue weighted by Gasteiger charge is -2.19. The zero-order chi connectivity index (χ0) is 14.0. The molecule has 2 rings (SSSR count). The summed E-state index contributed by atoms with van der Waals surface area (Å²) in [4.78, 5) is 50.7. The summed E-state index contributed by atoms with van der Waals surface area (Å²) in [6.45, 7) is -0.123. The van der Waals surface area contributed by atoms with Crippen molar-refractivity contribution in [3.8, 4) is 0 Å². The lowest BCUT2D eigenvalue weighted by Crippen LogP contribution is -2.37. The molecule has 0 aromatic heterocycles. The molecule has 3 amide bonds. The van der Waals surface area contributed by atoms with Crippen LogP contribution in [0.5, 0.6) is 0 Å². The molecule has 2 heterocycles. The highest BCUT2D eigenvalue weighted by molar-refractivity contribution is 6.12. The van der Waals surface area contributed by atoms with E-state index in [4.69, 9.17) is 4.84 Å². The first-order valence-electron chi connectivity index (χ1n) is 5.73. The minimum absolute atomic E-state index is 0.113. The van der Waals surface area contributed by atoms with Gasteiger partial charge >= 0.3 is 5.97 Å². The zero-order valence-corrected chi connectivity index (χ0v) is 9.94. The number of imide groups is 1. The maximum Gasteiger partial charge on any atom is 0.334 e. The number of aliphatic hydroxyl groups excluding tert-OH is 1. The number of amides is 3. The Hall–Kier alpha value is -2.22. The molecule has 0 spiro atoms. The van der Waals surface area contributed by atoms with E-state index in [-0.39, 0.29) is 25.8 Å². The Balaban J connectivity index is 1.81. The van der Waals surface area contributed by atoms with Gasteiger partial charge < -0.3 is 9.94 Å². The van der Waals surface area contributed by atoms with Crippen LogP contribution in [0.15, 0.2) is 12.2 Å². The molecule has 8 heteroatoms. The van der Waals surface area contributed by atoms with Crippen molar-refractivity contribution < 1.29 is 29.1 Å². The summed E-state index contributed by atoms with van der Waals surface area (Å²) in [5.74, 6) is -2.25. The second-order valence-electron chi connectivity index (χ2n) is 4.11. The van der Waals surface area contributed by atoms with Crippen LogP contribution in [-0.2, 0) is 24.0 Å². The second-order valence-corrected chi connectivity index (χ2v) is 4.11. The fraction of sp³-hybridized carbons (Fsp3) is 0.455. The first kappa shape index (κ1) is 13.2. The first-order valence-corrected chi connectivity index (χ1v) is 5.73. The summed E-state index contributed by atoms with van der Waals surface area (Å²) < 4.78 is 0. The van der Waals surface area contributed by atoms with Crippen LogP contribution in [0.2, 0.25) is 0 Å². The number of rotatable bonds is 4. The summed E-state index contributed by atoms with van der Waals surface area (Å²) in [5, 5.41) is 9.99. The molecule has 0 radical (unpaired) electrons. The maximum absolute atomic E-state index is 11.5. The van der Waals surface area contributed by atoms with E-state index in [1.54, 1.807) is 0 Å². The Labute approximate surface area is 108 Å². The molecule has 0 bridgehead atoms. The van der Waals surface area contributed by atoms with Gasteiger partial charge in [-0.2, -0.15) is 0 Å². The molecule has 8 nitrogen and oxygen atoms in total. The average molecular weight is 268 g/mol. The van der Waals surface area contributed by atoms with Crippen molar-refractivity contribution in [1.82, 2.24) is 9.96 Å². The number of aliphatic hydroxyl groups is 1. The Morgan fingerprint density at radius 3 is 2.47 bits per heavy atom. The standard InChI is InChI=1S/C11H12N2O6/c14-7-1-2-8(15)12(7)6-5-11(18)19-13-9(16)3-4-10(13)17/h1-2,9,16H,3-6H2/t9-/m0/s1. The molecule has 1 fully saturated rings. The van der Waals surface area contributed by atoms with Crippen molar-refractivity contribution in [3.05, 3.63) is 12.2 Å². The van der Waals surface area contributed by atoms with Gasteiger partial charge in [-0.15, -0.1) is 5.06 Å². The Bertz CT molecular complexity index is 454. The van der Waals surface area contributed by atoms with Gasteiger partial charge in [-0.05, 0) is 0 Å². The third-order valence-electron chi connectivity index (χ3n) is 2.77. The lowest BCUT2D eigenvalue weighted by atomic mass is 10.4. The summed E-state index contributed by atoms with van der Waals surface area (Å²) in [5.41, 5.74) is 0. The SMILES string of the molecule is O=C(CCN1C(=O)C=CC1=O)ON1C(=O)CC[C@@H]1O. The number of hydroxylamine groups is 2. The molecular weight excluding hydrogens is 256 g/mol. The molecule has 19 heavy (non-hydrogen) atoms. The van der Waals surface area contributed by atoms with Crippen molar-refractivity contribution in [2.45, 2.75) is 25.5 Å². The highest BCUT2D eigenvalue weighted by Crippen LogP contribution is 2.17. The normalized spacial score (nSPS) is 22.6. The van der Waals surface area contributed by atoms with Crippen LogP contribution in [0.3, 0.4) is 0 Å². The maximum atomic E-state index is 11.5. The van der Waals surface area contributed by atoms with E-state index >= 15 is 0 Å². The van der Waals surface area contributed by atoms with E-state index in [2.05, 4.69) is 0 Å². The van der Waals surface area contributed by atoms with E-state index in [0.29, 0.717) is 5.06 Å². The predicted octanol–water partition coefficient (Wildman–Crippen LogP) is -1.30. The zero-order valence-electron chi connectivity index (χ0n) is 9.94. The Morgan fingerprint density at radius 2 is 1.95 bits per heavy atom. The first-order chi connectivity index (χ1) is 8.99. The van der Waals surface area contributed by atoms with Crippen LogP contribution in [0.4, 0.5) is 0 Å². The van der Waals surface area contributed by atoms with E-state index in [9.17, 15) is 24.3 Å². The van der Waals surface area contributed by atoms with Gasteiger partial charge in [0.25, 0.3) is 17.7 Å². The van der Waals surface area contributed by atoms with E-state index < -0.39 is 29.9 Å². The smallest absolute Gasteiger partial charge is 0.334 e. The van der Waals surface area contributed by atoms with Crippen molar-refractivity contribution in [1.29, 1.82) is 0 Å². The topological polar surface area (TPSA) is 104 Å². The Morgan fingerprint density at radius 1 is 1.32 bits per heavy atom. The second kappa shape index (κ2) is 5.19. The van der Waals surface area contributed by atoms with Crippen LogP contribution in [-0.4, -0.2) is 51.5 Å². The molecule has 102 valence electrons. The number of nitrogens with zero attached hydrogens (tertiary/aromatic N) is 2. The molecule has 1 N–H and O–H groups in total. The lowest BCUT2D eigenvalue weighted by molar-refractivity contribution is -0.220. The fourth-order valence-corrected chi connectivity index (χ4v) is 1.77. The van der Waals surface area contributed by atoms with Gasteiger partial charge in [-0.25, -0.2) is 4.79 Å². The molecule has 0 aromatic carbocycles. The van der Waals surface area contributed by atoms with Crippen molar-refractivity contribution in [3.63, 3.8) is 0 Å². The van der Waals surface area contributed by atoms with Crippen molar-refractivity contribution in [2.24, 2.45) is 0 Å². The quantitative estimate of drug-likeness (QED) is 0.635. The molecule has 2 aliphatic rings. The third-order valence-corrected chi connectivity index (χ3v) is 2.77. The minimum Gasteiger partial charge on any atom is -0.370 e. The van der Waals surface area contributed by atoms with Crippen LogP contribution >= 0.6 is 0 Å². The fourth-order valence-electron chi connectivity index (χ4n) is 1.77. The summed E-state index contributed by atoms with van der Waals surface area (Å²) in [6.07, 6.45) is 1.17. The van der Waals surface area contributed by atoms with Crippen molar-refractivity contribution >= 4 is 23.7 Å². The molecule has 1 atom stereocenters. The molecule has 0 aromatic rings. The molecule has 0 saturated carbocycles. The van der Waals surface area contributed by atoms with Gasteiger partial charge in [-0.3, -0.25) is 19.3 Å². The highest BCUT2D eigenvalue weighted by Gasteiger charge is 2.33. The molecule has 0 aliphatic carbocycles. The number of carbonyl (C=O) groups is 4. The van der Waals surface area contributed by atoms with Crippen LogP contribution in [0.1, 0.15) is 19.3 Å². The Kier molecular flexibility index (Phi) is 3.61. The third kappa shape index (κ3) is 2.79. The van der Waals surface area contributed by atoms with Gasteiger partial charge in [-0.1, -0.05) is 0 Å². The highest BCUT2D eigenvalue weighted by atomic mass is 16.7. The van der Waals surface area contributed by atoms with Gasteiger partial charge in [0.15, 0.2) is 6.23 Å². The number of hydrogen-bond acceptors (Lipinski definition) is 6. The summed E-state index contributed by atoms with van der Waals surface area (Å²) >= 11 is 0. The van der Waals surface area contributed by atoms with Crippen LogP contribution in [0.25, 0.3) is 0 Å². The predicted molar refractivity (Wildman–Crippen MR) is 58.7 cm³/mol. The van der Waals surface area contributed by atoms with E-state index in [1.165, 1.54) is 0 Å². The van der Waals surface area contributed by atoms with Crippen LogP contribution < -0.4 is 0 Å². The monoisotopic (exact) mass is 268 g/mol. The largest absolute Gasteiger partial charge is 0.370 e. The van der Waals surface area contributed by atoms with Gasteiger partial charge in [0, 0.05) is 31.5 Å². The minimum atomic E-state index is -1.13. The van der Waals surface area contributed by atoms with Crippen molar-refractivity contribution in [2.75, 3.05) is 6.54 Å². The average Bonchev–Trinajstić information content (AvgIpc) is 2.84. The van der Waals surface area contributed by atoms with Gasteiger partial charge in [0.1, 0.15) is 0 Å². The summed E-state index contributed by atoms with van der Waals surface area (Å²) in [6, 6.07) is 0.